The molecular weight excluding hydrogens is 244 g/mol. The maximum atomic E-state index is 12.6. The van der Waals surface area contributed by atoms with Gasteiger partial charge in [-0.1, -0.05) is 0 Å². The van der Waals surface area contributed by atoms with Crippen LogP contribution in [-0.2, 0) is 15.1 Å². The third-order valence-electron chi connectivity index (χ3n) is 3.78. The Bertz CT molecular complexity index is 459. The summed E-state index contributed by atoms with van der Waals surface area (Å²) in [4.78, 5) is 27.3. The minimum absolute atomic E-state index is 0.0411. The molecule has 0 aromatic carbocycles. The zero-order chi connectivity index (χ0) is 14.0. The largest absolute Gasteiger partial charge is 0.347 e. The second kappa shape index (κ2) is 5.03. The summed E-state index contributed by atoms with van der Waals surface area (Å²) in [5.74, 6) is 0.103. The topological polar surface area (TPSA) is 58.4 Å². The number of amides is 2. The summed E-state index contributed by atoms with van der Waals surface area (Å²) in [6, 6.07) is 1.82. The number of piperidine rings is 1. The Labute approximate surface area is 113 Å². The highest BCUT2D eigenvalue weighted by Gasteiger charge is 2.44. The number of likely N-dealkylation sites (N-methyl/N-ethyl adjacent to an activating group) is 1. The molecule has 0 unspecified atom stereocenters. The van der Waals surface area contributed by atoms with Gasteiger partial charge in [0.25, 0.3) is 0 Å². The van der Waals surface area contributed by atoms with E-state index in [1.54, 1.807) is 41.7 Å². The Hall–Kier alpha value is -1.85. The number of hydrogen-bond acceptors (Lipinski definition) is 3. The quantitative estimate of drug-likeness (QED) is 0.772. The van der Waals surface area contributed by atoms with Crippen LogP contribution in [0.2, 0.25) is 0 Å². The van der Waals surface area contributed by atoms with E-state index < -0.39 is 5.54 Å². The van der Waals surface area contributed by atoms with Crippen LogP contribution in [0.3, 0.4) is 0 Å². The lowest BCUT2D eigenvalue weighted by molar-refractivity contribution is -0.145. The molecule has 0 radical (unpaired) electrons. The predicted octanol–water partition coefficient (Wildman–Crippen LogP) is 0.309. The third kappa shape index (κ3) is 2.34. The van der Waals surface area contributed by atoms with E-state index >= 15 is 0 Å². The Morgan fingerprint density at radius 3 is 2.32 bits per heavy atom. The van der Waals surface area contributed by atoms with Gasteiger partial charge in [0.1, 0.15) is 5.54 Å². The molecule has 0 atom stereocenters. The molecule has 19 heavy (non-hydrogen) atoms. The van der Waals surface area contributed by atoms with Crippen molar-refractivity contribution in [1.82, 2.24) is 19.6 Å². The summed E-state index contributed by atoms with van der Waals surface area (Å²) < 4.78 is 1.74. The molecule has 0 bridgehead atoms. The van der Waals surface area contributed by atoms with Crippen molar-refractivity contribution < 1.29 is 9.59 Å². The molecule has 6 heteroatoms. The summed E-state index contributed by atoms with van der Waals surface area (Å²) in [6.45, 7) is 2.75. The van der Waals surface area contributed by atoms with E-state index in [0.717, 1.165) is 0 Å². The average Bonchev–Trinajstić information content (AvgIpc) is 2.92. The van der Waals surface area contributed by atoms with Gasteiger partial charge in [-0.3, -0.25) is 14.3 Å². The van der Waals surface area contributed by atoms with Crippen molar-refractivity contribution in [2.75, 3.05) is 27.2 Å². The molecule has 0 N–H and O–H groups in total. The summed E-state index contributed by atoms with van der Waals surface area (Å²) in [6.07, 6.45) is 4.71. The number of hydrogen-bond donors (Lipinski definition) is 0. The van der Waals surface area contributed by atoms with Crippen LogP contribution in [0, 0.1) is 0 Å². The molecule has 0 aliphatic carbocycles. The molecule has 1 aromatic rings. The SMILES string of the molecule is CC(=O)N1CCC(C(=O)N(C)C)(n2cccn2)CC1. The van der Waals surface area contributed by atoms with Crippen LogP contribution < -0.4 is 0 Å². The molecule has 1 aromatic heterocycles. The number of likely N-dealkylation sites (tertiary alicyclic amines) is 1. The predicted molar refractivity (Wildman–Crippen MR) is 70.4 cm³/mol. The Balaban J connectivity index is 2.28. The first kappa shape index (κ1) is 13.6. The van der Waals surface area contributed by atoms with E-state index in [0.29, 0.717) is 25.9 Å². The van der Waals surface area contributed by atoms with Crippen LogP contribution in [0.1, 0.15) is 19.8 Å². The fourth-order valence-corrected chi connectivity index (χ4v) is 2.67. The lowest BCUT2D eigenvalue weighted by atomic mass is 9.86. The van der Waals surface area contributed by atoms with Gasteiger partial charge in [-0.15, -0.1) is 0 Å². The molecule has 0 spiro atoms. The van der Waals surface area contributed by atoms with Crippen molar-refractivity contribution in [3.05, 3.63) is 18.5 Å². The van der Waals surface area contributed by atoms with Crippen LogP contribution in [-0.4, -0.2) is 58.6 Å². The van der Waals surface area contributed by atoms with Crippen LogP contribution in [0.25, 0.3) is 0 Å². The molecule has 1 saturated heterocycles. The number of rotatable bonds is 2. The first-order chi connectivity index (χ1) is 8.97. The van der Waals surface area contributed by atoms with Gasteiger partial charge in [-0.2, -0.15) is 5.10 Å². The molecule has 2 amide bonds. The third-order valence-corrected chi connectivity index (χ3v) is 3.78. The number of carbonyl (C=O) groups is 2. The van der Waals surface area contributed by atoms with E-state index in [-0.39, 0.29) is 11.8 Å². The van der Waals surface area contributed by atoms with Crippen LogP contribution >= 0.6 is 0 Å². The second-order valence-corrected chi connectivity index (χ2v) is 5.19. The molecular formula is C13H20N4O2. The van der Waals surface area contributed by atoms with E-state index in [1.807, 2.05) is 12.3 Å². The fourth-order valence-electron chi connectivity index (χ4n) is 2.67. The van der Waals surface area contributed by atoms with Crippen molar-refractivity contribution in [2.45, 2.75) is 25.3 Å². The first-order valence-electron chi connectivity index (χ1n) is 6.45. The van der Waals surface area contributed by atoms with Gasteiger partial charge in [-0.25, -0.2) is 0 Å². The number of nitrogens with zero attached hydrogens (tertiary/aromatic N) is 4. The summed E-state index contributed by atoms with van der Waals surface area (Å²) in [5.41, 5.74) is -0.654. The van der Waals surface area contributed by atoms with Crippen molar-refractivity contribution >= 4 is 11.8 Å². The van der Waals surface area contributed by atoms with Gasteiger partial charge in [0.15, 0.2) is 0 Å². The molecule has 0 saturated carbocycles. The summed E-state index contributed by atoms with van der Waals surface area (Å²) in [7, 11) is 3.51. The number of aromatic nitrogens is 2. The zero-order valence-electron chi connectivity index (χ0n) is 11.7. The van der Waals surface area contributed by atoms with E-state index in [9.17, 15) is 9.59 Å². The van der Waals surface area contributed by atoms with Crippen molar-refractivity contribution in [3.63, 3.8) is 0 Å². The fraction of sp³-hybridized carbons (Fsp3) is 0.615. The molecule has 1 aliphatic heterocycles. The maximum Gasteiger partial charge on any atom is 0.250 e. The van der Waals surface area contributed by atoms with E-state index in [2.05, 4.69) is 5.10 Å². The van der Waals surface area contributed by atoms with E-state index in [4.69, 9.17) is 0 Å². The van der Waals surface area contributed by atoms with Gasteiger partial charge in [0, 0.05) is 46.5 Å². The highest BCUT2D eigenvalue weighted by atomic mass is 16.2. The lowest BCUT2D eigenvalue weighted by Gasteiger charge is -2.41. The summed E-state index contributed by atoms with van der Waals surface area (Å²) >= 11 is 0. The van der Waals surface area contributed by atoms with Gasteiger partial charge in [0.05, 0.1) is 0 Å². The molecule has 1 aliphatic rings. The monoisotopic (exact) mass is 264 g/mol. The molecule has 6 nitrogen and oxygen atoms in total. The standard InChI is InChI=1S/C13H20N4O2/c1-11(18)16-9-5-13(6-10-16,12(19)15(2)3)17-8-4-7-14-17/h4,7-8H,5-6,9-10H2,1-3H3. The lowest BCUT2D eigenvalue weighted by Crippen LogP contribution is -2.55. The van der Waals surface area contributed by atoms with Gasteiger partial charge >= 0.3 is 0 Å². The second-order valence-electron chi connectivity index (χ2n) is 5.19. The van der Waals surface area contributed by atoms with Crippen LogP contribution in [0.4, 0.5) is 0 Å². The summed E-state index contributed by atoms with van der Waals surface area (Å²) in [5, 5.41) is 4.25. The van der Waals surface area contributed by atoms with Crippen molar-refractivity contribution in [1.29, 1.82) is 0 Å². The van der Waals surface area contributed by atoms with Gasteiger partial charge in [-0.05, 0) is 18.9 Å². The molecule has 2 heterocycles. The molecule has 2 rings (SSSR count). The van der Waals surface area contributed by atoms with Crippen LogP contribution in [0.5, 0.6) is 0 Å². The van der Waals surface area contributed by atoms with Crippen LogP contribution in [0.15, 0.2) is 18.5 Å². The van der Waals surface area contributed by atoms with E-state index in [1.165, 1.54) is 0 Å². The Kier molecular flexibility index (Phi) is 3.59. The Morgan fingerprint density at radius 1 is 1.26 bits per heavy atom. The van der Waals surface area contributed by atoms with Gasteiger partial charge in [0.2, 0.25) is 11.8 Å². The normalized spacial score (nSPS) is 18.2. The highest BCUT2D eigenvalue weighted by Crippen LogP contribution is 2.31. The van der Waals surface area contributed by atoms with Crippen molar-refractivity contribution in [3.8, 4) is 0 Å². The first-order valence-corrected chi connectivity index (χ1v) is 6.45. The smallest absolute Gasteiger partial charge is 0.250 e. The zero-order valence-corrected chi connectivity index (χ0v) is 11.7. The van der Waals surface area contributed by atoms with Crippen molar-refractivity contribution in [2.24, 2.45) is 0 Å². The molecule has 104 valence electrons. The number of carbonyl (C=O) groups excluding carboxylic acids is 2. The minimum atomic E-state index is -0.654. The minimum Gasteiger partial charge on any atom is -0.347 e. The highest BCUT2D eigenvalue weighted by molar-refractivity contribution is 5.84. The average molecular weight is 264 g/mol. The molecule has 1 fully saturated rings. The maximum absolute atomic E-state index is 12.6. The Morgan fingerprint density at radius 2 is 1.89 bits per heavy atom. The van der Waals surface area contributed by atoms with Gasteiger partial charge < -0.3 is 9.80 Å².